The van der Waals surface area contributed by atoms with E-state index in [1.54, 1.807) is 4.52 Å². The van der Waals surface area contributed by atoms with Gasteiger partial charge in [-0.25, -0.2) is 9.73 Å². The molecule has 3 aromatic heterocycles. The molecule has 0 aliphatic heterocycles. The summed E-state index contributed by atoms with van der Waals surface area (Å²) in [6.07, 6.45) is 0. The molecule has 7 nitrogen and oxygen atoms in total. The first-order valence-electron chi connectivity index (χ1n) is 7.05. The Morgan fingerprint density at radius 1 is 1.26 bits per heavy atom. The molecule has 0 saturated heterocycles. The molecular formula is C16H12N6O. The number of nitriles is 1. The molecule has 0 aliphatic rings. The molecule has 0 bridgehead atoms. The molecular weight excluding hydrogens is 292 g/mol. The summed E-state index contributed by atoms with van der Waals surface area (Å²) in [5, 5.41) is 16.3. The van der Waals surface area contributed by atoms with Crippen molar-refractivity contribution in [2.75, 3.05) is 0 Å². The Balaban J connectivity index is 2.24. The van der Waals surface area contributed by atoms with Crippen LogP contribution in [0, 0.1) is 18.3 Å². The van der Waals surface area contributed by atoms with Crippen LogP contribution in [0.5, 0.6) is 0 Å². The van der Waals surface area contributed by atoms with Gasteiger partial charge in [0.1, 0.15) is 11.7 Å². The molecule has 7 heteroatoms. The first-order chi connectivity index (χ1) is 11.1. The summed E-state index contributed by atoms with van der Waals surface area (Å²) >= 11 is 0. The van der Waals surface area contributed by atoms with Crippen LogP contribution in [0.4, 0.5) is 0 Å². The summed E-state index contributed by atoms with van der Waals surface area (Å²) in [5.74, 6) is 0. The van der Waals surface area contributed by atoms with Crippen LogP contribution in [0.2, 0.25) is 0 Å². The zero-order valence-corrected chi connectivity index (χ0v) is 12.5. The number of rotatable bonds is 1. The Morgan fingerprint density at radius 2 is 2.00 bits per heavy atom. The van der Waals surface area contributed by atoms with Gasteiger partial charge >= 0.3 is 0 Å². The zero-order valence-electron chi connectivity index (χ0n) is 12.5. The van der Waals surface area contributed by atoms with Crippen molar-refractivity contribution in [1.82, 2.24) is 24.4 Å². The summed E-state index contributed by atoms with van der Waals surface area (Å²) in [4.78, 5) is 16.5. The van der Waals surface area contributed by atoms with Gasteiger partial charge in [0.2, 0.25) is 5.69 Å². The standard InChI is InChI=1S/C16H12N6O/c1-9-12-15(23)18-14-11(8-17)19-20-22(14)16(12)21(2)13(9)10-6-4-3-5-7-10/h3-7,20H,1-2H3. The lowest BCUT2D eigenvalue weighted by Crippen LogP contribution is -2.11. The minimum Gasteiger partial charge on any atom is -0.328 e. The fourth-order valence-corrected chi connectivity index (χ4v) is 3.12. The van der Waals surface area contributed by atoms with Crippen molar-refractivity contribution in [2.45, 2.75) is 6.92 Å². The number of aromatic nitrogens is 5. The van der Waals surface area contributed by atoms with Crippen LogP contribution in [0.15, 0.2) is 35.1 Å². The van der Waals surface area contributed by atoms with E-state index in [0.717, 1.165) is 16.8 Å². The number of H-pyrrole nitrogens is 1. The molecule has 0 saturated carbocycles. The van der Waals surface area contributed by atoms with Gasteiger partial charge in [0, 0.05) is 7.05 Å². The molecule has 23 heavy (non-hydrogen) atoms. The highest BCUT2D eigenvalue weighted by atomic mass is 16.1. The molecule has 0 unspecified atom stereocenters. The van der Waals surface area contributed by atoms with Crippen LogP contribution in [0.1, 0.15) is 11.3 Å². The van der Waals surface area contributed by atoms with Crippen molar-refractivity contribution in [3.63, 3.8) is 0 Å². The lowest BCUT2D eigenvalue weighted by molar-refractivity contribution is 0.829. The van der Waals surface area contributed by atoms with Crippen LogP contribution in [-0.4, -0.2) is 24.4 Å². The molecule has 0 spiro atoms. The van der Waals surface area contributed by atoms with Crippen molar-refractivity contribution in [3.8, 4) is 17.3 Å². The van der Waals surface area contributed by atoms with Gasteiger partial charge in [0.15, 0.2) is 5.65 Å². The van der Waals surface area contributed by atoms with Crippen LogP contribution in [-0.2, 0) is 7.05 Å². The van der Waals surface area contributed by atoms with E-state index in [4.69, 9.17) is 5.26 Å². The van der Waals surface area contributed by atoms with E-state index in [0.29, 0.717) is 11.0 Å². The Kier molecular flexibility index (Phi) is 2.62. The largest absolute Gasteiger partial charge is 0.328 e. The monoisotopic (exact) mass is 304 g/mol. The van der Waals surface area contributed by atoms with Gasteiger partial charge in [-0.1, -0.05) is 30.3 Å². The third-order valence-electron chi connectivity index (χ3n) is 4.08. The molecule has 4 rings (SSSR count). The second kappa shape index (κ2) is 4.55. The van der Waals surface area contributed by atoms with E-state index in [-0.39, 0.29) is 16.9 Å². The summed E-state index contributed by atoms with van der Waals surface area (Å²) in [6, 6.07) is 11.8. The smallest absolute Gasteiger partial charge is 0.283 e. The fourth-order valence-electron chi connectivity index (χ4n) is 3.12. The van der Waals surface area contributed by atoms with Gasteiger partial charge in [0.05, 0.1) is 11.1 Å². The van der Waals surface area contributed by atoms with Crippen molar-refractivity contribution >= 4 is 16.7 Å². The number of nitrogens with zero attached hydrogens (tertiary/aromatic N) is 5. The number of aromatic amines is 1. The second-order valence-corrected chi connectivity index (χ2v) is 5.35. The molecule has 1 aromatic carbocycles. The number of hydrogen-bond donors (Lipinski definition) is 1. The van der Waals surface area contributed by atoms with Gasteiger partial charge < -0.3 is 4.57 Å². The van der Waals surface area contributed by atoms with E-state index in [1.807, 2.05) is 54.9 Å². The number of nitrogens with one attached hydrogen (secondary N) is 1. The minimum absolute atomic E-state index is 0.101. The lowest BCUT2D eigenvalue weighted by Gasteiger charge is -2.05. The molecule has 3 heterocycles. The van der Waals surface area contributed by atoms with E-state index in [1.165, 1.54) is 0 Å². The first kappa shape index (κ1) is 13.3. The Labute approximate surface area is 130 Å². The summed E-state index contributed by atoms with van der Waals surface area (Å²) in [5.41, 5.74) is 3.44. The van der Waals surface area contributed by atoms with Gasteiger partial charge in [-0.3, -0.25) is 4.79 Å². The molecule has 0 fully saturated rings. The molecule has 0 radical (unpaired) electrons. The SMILES string of the molecule is Cc1c(-c2ccccc2)n(C)c2c1c(=O)nc1c(C#N)n[nH]n12. The van der Waals surface area contributed by atoms with Crippen LogP contribution in [0.3, 0.4) is 0 Å². The topological polar surface area (TPSA) is 91.8 Å². The highest BCUT2D eigenvalue weighted by Gasteiger charge is 2.21. The molecule has 4 aromatic rings. The van der Waals surface area contributed by atoms with Crippen LogP contribution >= 0.6 is 0 Å². The number of fused-ring (bicyclic) bond motifs is 3. The van der Waals surface area contributed by atoms with E-state index < -0.39 is 0 Å². The molecule has 0 atom stereocenters. The van der Waals surface area contributed by atoms with Gasteiger partial charge in [-0.05, 0) is 18.1 Å². The Bertz CT molecular complexity index is 1160. The van der Waals surface area contributed by atoms with Crippen molar-refractivity contribution in [3.05, 3.63) is 51.9 Å². The van der Waals surface area contributed by atoms with Gasteiger partial charge in [-0.2, -0.15) is 10.2 Å². The Morgan fingerprint density at radius 3 is 2.70 bits per heavy atom. The van der Waals surface area contributed by atoms with Crippen molar-refractivity contribution < 1.29 is 0 Å². The predicted molar refractivity (Wildman–Crippen MR) is 85.0 cm³/mol. The fraction of sp³-hybridized carbons (Fsp3) is 0.125. The molecule has 0 aliphatic carbocycles. The van der Waals surface area contributed by atoms with Crippen molar-refractivity contribution in [1.29, 1.82) is 5.26 Å². The molecule has 0 amide bonds. The van der Waals surface area contributed by atoms with Crippen molar-refractivity contribution in [2.24, 2.45) is 7.05 Å². The zero-order chi connectivity index (χ0) is 16.1. The first-order valence-corrected chi connectivity index (χ1v) is 7.05. The third kappa shape index (κ3) is 1.66. The maximum atomic E-state index is 12.5. The Hall–Kier alpha value is -3.40. The minimum atomic E-state index is -0.354. The summed E-state index contributed by atoms with van der Waals surface area (Å²) in [6.45, 7) is 1.90. The quantitative estimate of drug-likeness (QED) is 0.580. The summed E-state index contributed by atoms with van der Waals surface area (Å²) in [7, 11) is 1.89. The van der Waals surface area contributed by atoms with Gasteiger partial charge in [-0.15, -0.1) is 5.10 Å². The van der Waals surface area contributed by atoms with Crippen LogP contribution < -0.4 is 5.56 Å². The summed E-state index contributed by atoms with van der Waals surface area (Å²) < 4.78 is 3.50. The maximum Gasteiger partial charge on any atom is 0.283 e. The highest BCUT2D eigenvalue weighted by Crippen LogP contribution is 2.30. The number of hydrogen-bond acceptors (Lipinski definition) is 4. The van der Waals surface area contributed by atoms with Crippen LogP contribution in [0.25, 0.3) is 27.9 Å². The highest BCUT2D eigenvalue weighted by molar-refractivity contribution is 5.90. The third-order valence-corrected chi connectivity index (χ3v) is 4.08. The van der Waals surface area contributed by atoms with E-state index in [2.05, 4.69) is 15.3 Å². The van der Waals surface area contributed by atoms with Gasteiger partial charge in [0.25, 0.3) is 5.56 Å². The normalized spacial score (nSPS) is 11.2. The lowest BCUT2D eigenvalue weighted by atomic mass is 10.1. The number of benzene rings is 1. The average molecular weight is 304 g/mol. The predicted octanol–water partition coefficient (Wildman–Crippen LogP) is 1.76. The van der Waals surface area contributed by atoms with E-state index >= 15 is 0 Å². The second-order valence-electron chi connectivity index (χ2n) is 5.35. The van der Waals surface area contributed by atoms with E-state index in [9.17, 15) is 4.79 Å². The molecule has 1 N–H and O–H groups in total. The molecule has 112 valence electrons. The number of aryl methyl sites for hydroxylation is 2. The average Bonchev–Trinajstić information content (AvgIpc) is 3.07. The maximum absolute atomic E-state index is 12.5.